The van der Waals surface area contributed by atoms with E-state index in [1.165, 1.54) is 11.1 Å². The largest absolute Gasteiger partial charge is 0.490 e. The van der Waals surface area contributed by atoms with Crippen molar-refractivity contribution in [2.75, 3.05) is 26.2 Å². The van der Waals surface area contributed by atoms with Crippen LogP contribution in [0.5, 0.6) is 5.75 Å². The minimum absolute atomic E-state index is 0. The van der Waals surface area contributed by atoms with Crippen LogP contribution >= 0.6 is 24.0 Å². The molecule has 0 unspecified atom stereocenters. The topological polar surface area (TPSA) is 57.2 Å². The lowest BCUT2D eigenvalue weighted by Gasteiger charge is -2.34. The molecule has 0 aromatic heterocycles. The maximum absolute atomic E-state index is 12.1. The average Bonchev–Trinajstić information content (AvgIpc) is 3.23. The van der Waals surface area contributed by atoms with Gasteiger partial charge >= 0.3 is 0 Å². The third-order valence-electron chi connectivity index (χ3n) is 6.17. The quantitative estimate of drug-likeness (QED) is 0.308. The van der Waals surface area contributed by atoms with E-state index >= 15 is 0 Å². The third-order valence-corrected chi connectivity index (χ3v) is 6.17. The normalized spacial score (nSPS) is 17.1. The molecule has 1 N–H and O–H groups in total. The molecule has 0 atom stereocenters. The number of guanidine groups is 1. The summed E-state index contributed by atoms with van der Waals surface area (Å²) in [6.45, 7) is 6.95. The number of carbonyl (C=O) groups excluding carboxylic acids is 1. The molecule has 4 rings (SSSR count). The summed E-state index contributed by atoms with van der Waals surface area (Å²) in [5, 5.41) is 3.46. The van der Waals surface area contributed by atoms with Crippen LogP contribution in [0, 0.1) is 0 Å². The molecular weight excluding hydrogens is 527 g/mol. The van der Waals surface area contributed by atoms with Gasteiger partial charge in [0.05, 0.1) is 6.54 Å². The van der Waals surface area contributed by atoms with Crippen molar-refractivity contribution in [1.29, 1.82) is 0 Å². The Kier molecular flexibility index (Phi) is 9.84. The van der Waals surface area contributed by atoms with Crippen molar-refractivity contribution in [2.24, 2.45) is 4.99 Å². The number of likely N-dealkylation sites (tertiary alicyclic amines) is 2. The lowest BCUT2D eigenvalue weighted by Crippen LogP contribution is -2.47. The molecule has 0 spiro atoms. The number of nitrogens with zero attached hydrogens (tertiary/aromatic N) is 3. The Bertz CT molecular complexity index is 914. The van der Waals surface area contributed by atoms with Crippen LogP contribution in [0.15, 0.2) is 59.6 Å². The van der Waals surface area contributed by atoms with E-state index < -0.39 is 0 Å². The molecule has 2 aromatic carbocycles. The van der Waals surface area contributed by atoms with Crippen LogP contribution < -0.4 is 10.1 Å². The van der Waals surface area contributed by atoms with Crippen molar-refractivity contribution in [3.63, 3.8) is 0 Å². The van der Waals surface area contributed by atoms with Crippen LogP contribution in [0.4, 0.5) is 0 Å². The Labute approximate surface area is 214 Å². The zero-order valence-corrected chi connectivity index (χ0v) is 21.7. The van der Waals surface area contributed by atoms with Crippen LogP contribution in [0.1, 0.15) is 43.7 Å². The summed E-state index contributed by atoms with van der Waals surface area (Å²) in [5.74, 6) is 2.16. The molecular formula is C26H35IN4O2. The minimum Gasteiger partial charge on any atom is -0.490 e. The Morgan fingerprint density at radius 2 is 1.73 bits per heavy atom. The number of piperidine rings is 1. The first-order chi connectivity index (χ1) is 15.7. The zero-order valence-electron chi connectivity index (χ0n) is 19.4. The highest BCUT2D eigenvalue weighted by Crippen LogP contribution is 2.20. The van der Waals surface area contributed by atoms with Gasteiger partial charge in [-0.3, -0.25) is 4.79 Å². The van der Waals surface area contributed by atoms with Gasteiger partial charge in [0, 0.05) is 52.0 Å². The molecule has 2 aliphatic heterocycles. The Morgan fingerprint density at radius 1 is 1.03 bits per heavy atom. The SMILES string of the molecule is CCNC(=NCc1ccccc1CN1CCCC1=O)N1CCC(Oc2ccccc2)CC1.I. The highest BCUT2D eigenvalue weighted by atomic mass is 127. The molecule has 2 heterocycles. The molecule has 0 bridgehead atoms. The smallest absolute Gasteiger partial charge is 0.222 e. The minimum atomic E-state index is 0. The van der Waals surface area contributed by atoms with Crippen LogP contribution in [0.2, 0.25) is 0 Å². The Balaban J connectivity index is 0.00000306. The van der Waals surface area contributed by atoms with Crippen molar-refractivity contribution in [2.45, 2.75) is 51.8 Å². The Hall–Kier alpha value is -2.29. The first kappa shape index (κ1) is 25.3. The molecule has 6 nitrogen and oxygen atoms in total. The number of carbonyl (C=O) groups is 1. The monoisotopic (exact) mass is 562 g/mol. The first-order valence-corrected chi connectivity index (χ1v) is 11.8. The van der Waals surface area contributed by atoms with Gasteiger partial charge in [0.25, 0.3) is 0 Å². The predicted octanol–water partition coefficient (Wildman–Crippen LogP) is 4.44. The molecule has 0 saturated carbocycles. The lowest BCUT2D eigenvalue weighted by molar-refractivity contribution is -0.128. The first-order valence-electron chi connectivity index (χ1n) is 11.8. The number of benzene rings is 2. The third kappa shape index (κ3) is 7.09. The number of rotatable bonds is 7. The fourth-order valence-electron chi connectivity index (χ4n) is 4.41. The van der Waals surface area contributed by atoms with Crippen LogP contribution in [-0.4, -0.2) is 53.9 Å². The van der Waals surface area contributed by atoms with Gasteiger partial charge in [-0.05, 0) is 36.6 Å². The molecule has 2 aromatic rings. The summed E-state index contributed by atoms with van der Waals surface area (Å²) in [6.07, 6.45) is 3.85. The maximum Gasteiger partial charge on any atom is 0.222 e. The van der Waals surface area contributed by atoms with E-state index in [9.17, 15) is 4.79 Å². The highest BCUT2D eigenvalue weighted by Gasteiger charge is 2.23. The molecule has 2 fully saturated rings. The molecule has 0 aliphatic carbocycles. The van der Waals surface area contributed by atoms with Crippen molar-refractivity contribution >= 4 is 35.8 Å². The lowest BCUT2D eigenvalue weighted by atomic mass is 10.1. The number of ether oxygens (including phenoxy) is 1. The number of hydrogen-bond donors (Lipinski definition) is 1. The van der Waals surface area contributed by atoms with E-state index in [1.807, 2.05) is 41.3 Å². The van der Waals surface area contributed by atoms with Crippen LogP contribution in [0.25, 0.3) is 0 Å². The number of hydrogen-bond acceptors (Lipinski definition) is 3. The van der Waals surface area contributed by atoms with Crippen molar-refractivity contribution in [3.05, 3.63) is 65.7 Å². The zero-order chi connectivity index (χ0) is 22.2. The van der Waals surface area contributed by atoms with Gasteiger partial charge in [-0.25, -0.2) is 4.99 Å². The summed E-state index contributed by atoms with van der Waals surface area (Å²) in [4.78, 5) is 21.3. The van der Waals surface area contributed by atoms with Gasteiger partial charge < -0.3 is 19.9 Å². The van der Waals surface area contributed by atoms with E-state index in [4.69, 9.17) is 9.73 Å². The standard InChI is InChI=1S/C26H34N4O2.HI/c1-2-27-26(29-17-14-24(15-18-29)32-23-11-4-3-5-12-23)28-19-21-9-6-7-10-22(21)20-30-16-8-13-25(30)31;/h3-7,9-12,24H,2,8,13-20H2,1H3,(H,27,28);1H. The predicted molar refractivity (Wildman–Crippen MR) is 143 cm³/mol. The fourth-order valence-corrected chi connectivity index (χ4v) is 4.41. The van der Waals surface area contributed by atoms with Gasteiger partial charge in [0.2, 0.25) is 5.91 Å². The van der Waals surface area contributed by atoms with Crippen LogP contribution in [0.3, 0.4) is 0 Å². The van der Waals surface area contributed by atoms with Gasteiger partial charge in [-0.15, -0.1) is 24.0 Å². The molecule has 2 aliphatic rings. The van der Waals surface area contributed by atoms with Gasteiger partial charge in [0.1, 0.15) is 11.9 Å². The van der Waals surface area contributed by atoms with Gasteiger partial charge in [0.15, 0.2) is 5.96 Å². The van der Waals surface area contributed by atoms with Crippen molar-refractivity contribution < 1.29 is 9.53 Å². The number of aliphatic imine (C=N–C) groups is 1. The Morgan fingerprint density at radius 3 is 2.39 bits per heavy atom. The number of nitrogens with one attached hydrogen (secondary N) is 1. The molecule has 7 heteroatoms. The van der Waals surface area contributed by atoms with E-state index in [1.54, 1.807) is 0 Å². The van der Waals surface area contributed by atoms with Crippen LogP contribution in [-0.2, 0) is 17.9 Å². The highest BCUT2D eigenvalue weighted by molar-refractivity contribution is 14.0. The van der Waals surface area contributed by atoms with E-state index in [0.29, 0.717) is 19.5 Å². The summed E-state index contributed by atoms with van der Waals surface area (Å²) >= 11 is 0. The van der Waals surface area contributed by atoms with E-state index in [0.717, 1.165) is 57.2 Å². The fraction of sp³-hybridized carbons (Fsp3) is 0.462. The van der Waals surface area contributed by atoms with Gasteiger partial charge in [-0.2, -0.15) is 0 Å². The van der Waals surface area contributed by atoms with Gasteiger partial charge in [-0.1, -0.05) is 42.5 Å². The van der Waals surface area contributed by atoms with E-state index in [-0.39, 0.29) is 36.0 Å². The number of amides is 1. The second-order valence-electron chi connectivity index (χ2n) is 8.48. The summed E-state index contributed by atoms with van der Waals surface area (Å²) in [7, 11) is 0. The van der Waals surface area contributed by atoms with Crippen molar-refractivity contribution in [3.8, 4) is 5.75 Å². The molecule has 2 saturated heterocycles. The molecule has 33 heavy (non-hydrogen) atoms. The molecule has 178 valence electrons. The number of halogens is 1. The molecule has 0 radical (unpaired) electrons. The second kappa shape index (κ2) is 12.8. The second-order valence-corrected chi connectivity index (χ2v) is 8.48. The molecule has 1 amide bonds. The average molecular weight is 562 g/mol. The van der Waals surface area contributed by atoms with E-state index in [2.05, 4.69) is 35.3 Å². The number of para-hydroxylation sites is 1. The maximum atomic E-state index is 12.1. The summed E-state index contributed by atoms with van der Waals surface area (Å²) < 4.78 is 6.14. The summed E-state index contributed by atoms with van der Waals surface area (Å²) in [6, 6.07) is 18.4. The summed E-state index contributed by atoms with van der Waals surface area (Å²) in [5.41, 5.74) is 2.38. The van der Waals surface area contributed by atoms with Crippen molar-refractivity contribution in [1.82, 2.24) is 15.1 Å².